The van der Waals surface area contributed by atoms with Crippen molar-refractivity contribution in [2.75, 3.05) is 13.2 Å². The van der Waals surface area contributed by atoms with Gasteiger partial charge in [-0.05, 0) is 19.8 Å². The molecule has 0 saturated carbocycles. The lowest BCUT2D eigenvalue weighted by molar-refractivity contribution is 0.0710. The predicted octanol–water partition coefficient (Wildman–Crippen LogP) is 2.39. The van der Waals surface area contributed by atoms with Crippen molar-refractivity contribution in [2.45, 2.75) is 64.6 Å². The minimum absolute atomic E-state index is 0.366. The van der Waals surface area contributed by atoms with Gasteiger partial charge >= 0.3 is 0 Å². The molecule has 1 fully saturated rings. The molecule has 2 aliphatic rings. The van der Waals surface area contributed by atoms with Crippen LogP contribution in [0.15, 0.2) is 0 Å². The SMILES string of the molecule is CC(C)c1nc2c(n1C(C)C1CCCO1)CCNC2. The number of hydrogen-bond donors (Lipinski definition) is 1. The molecule has 4 heteroatoms. The summed E-state index contributed by atoms with van der Waals surface area (Å²) in [5.74, 6) is 1.70. The van der Waals surface area contributed by atoms with Gasteiger partial charge < -0.3 is 14.6 Å². The van der Waals surface area contributed by atoms with Gasteiger partial charge in [-0.25, -0.2) is 4.98 Å². The van der Waals surface area contributed by atoms with Crippen molar-refractivity contribution in [2.24, 2.45) is 0 Å². The lowest BCUT2D eigenvalue weighted by Gasteiger charge is -2.26. The van der Waals surface area contributed by atoms with Gasteiger partial charge in [-0.2, -0.15) is 0 Å². The van der Waals surface area contributed by atoms with E-state index >= 15 is 0 Å². The molecule has 4 nitrogen and oxygen atoms in total. The van der Waals surface area contributed by atoms with Gasteiger partial charge in [-0.1, -0.05) is 13.8 Å². The van der Waals surface area contributed by atoms with Crippen LogP contribution in [-0.4, -0.2) is 28.8 Å². The second kappa shape index (κ2) is 5.25. The third-order valence-corrected chi connectivity index (χ3v) is 4.38. The fourth-order valence-corrected chi connectivity index (χ4v) is 3.36. The van der Waals surface area contributed by atoms with Crippen molar-refractivity contribution in [3.8, 4) is 0 Å². The van der Waals surface area contributed by atoms with Gasteiger partial charge in [0.25, 0.3) is 0 Å². The van der Waals surface area contributed by atoms with Gasteiger partial charge in [0.05, 0.1) is 17.8 Å². The smallest absolute Gasteiger partial charge is 0.112 e. The molecular weight excluding hydrogens is 238 g/mol. The summed E-state index contributed by atoms with van der Waals surface area (Å²) < 4.78 is 8.38. The number of imidazole rings is 1. The van der Waals surface area contributed by atoms with Crippen LogP contribution in [0.2, 0.25) is 0 Å². The van der Waals surface area contributed by atoms with E-state index in [1.807, 2.05) is 0 Å². The largest absolute Gasteiger partial charge is 0.376 e. The maximum Gasteiger partial charge on any atom is 0.112 e. The lowest BCUT2D eigenvalue weighted by Crippen LogP contribution is -2.29. The minimum atomic E-state index is 0.366. The first-order valence-corrected chi connectivity index (χ1v) is 7.60. The quantitative estimate of drug-likeness (QED) is 0.910. The Hall–Kier alpha value is -0.870. The molecule has 19 heavy (non-hydrogen) atoms. The number of fused-ring (bicyclic) bond motifs is 1. The minimum Gasteiger partial charge on any atom is -0.376 e. The maximum atomic E-state index is 5.90. The molecule has 106 valence electrons. The molecule has 2 aliphatic heterocycles. The normalized spacial score (nSPS) is 24.7. The fourth-order valence-electron chi connectivity index (χ4n) is 3.36. The summed E-state index contributed by atoms with van der Waals surface area (Å²) in [6.07, 6.45) is 3.84. The highest BCUT2D eigenvalue weighted by atomic mass is 16.5. The van der Waals surface area contributed by atoms with Crippen LogP contribution in [0, 0.1) is 0 Å². The van der Waals surface area contributed by atoms with E-state index < -0.39 is 0 Å². The first-order valence-electron chi connectivity index (χ1n) is 7.60. The van der Waals surface area contributed by atoms with Crippen molar-refractivity contribution < 1.29 is 4.74 Å². The van der Waals surface area contributed by atoms with Gasteiger partial charge in [-0.15, -0.1) is 0 Å². The van der Waals surface area contributed by atoms with E-state index in [1.54, 1.807) is 0 Å². The number of nitrogens with zero attached hydrogens (tertiary/aromatic N) is 2. The highest BCUT2D eigenvalue weighted by Crippen LogP contribution is 2.31. The van der Waals surface area contributed by atoms with Crippen LogP contribution in [0.5, 0.6) is 0 Å². The topological polar surface area (TPSA) is 39.1 Å². The van der Waals surface area contributed by atoms with Crippen molar-refractivity contribution in [3.63, 3.8) is 0 Å². The van der Waals surface area contributed by atoms with E-state index in [1.165, 1.54) is 30.1 Å². The molecule has 0 spiro atoms. The summed E-state index contributed by atoms with van der Waals surface area (Å²) in [6, 6.07) is 0.411. The Morgan fingerprint density at radius 3 is 2.89 bits per heavy atom. The van der Waals surface area contributed by atoms with Gasteiger partial charge in [-0.3, -0.25) is 0 Å². The van der Waals surface area contributed by atoms with Gasteiger partial charge in [0, 0.05) is 37.7 Å². The highest BCUT2D eigenvalue weighted by Gasteiger charge is 2.30. The molecular formula is C15H25N3O. The Balaban J connectivity index is 1.99. The molecule has 1 aromatic rings. The van der Waals surface area contributed by atoms with Crippen molar-refractivity contribution in [1.29, 1.82) is 0 Å². The van der Waals surface area contributed by atoms with Crippen LogP contribution in [0.1, 0.15) is 62.8 Å². The molecule has 3 rings (SSSR count). The molecule has 1 N–H and O–H groups in total. The molecule has 0 aromatic carbocycles. The Bertz CT molecular complexity index is 446. The summed E-state index contributed by atoms with van der Waals surface area (Å²) in [4.78, 5) is 4.89. The Labute approximate surface area is 115 Å². The Morgan fingerprint density at radius 1 is 1.37 bits per heavy atom. The number of ether oxygens (including phenoxy) is 1. The predicted molar refractivity (Wildman–Crippen MR) is 75.4 cm³/mol. The molecule has 0 bridgehead atoms. The van der Waals surface area contributed by atoms with E-state index in [9.17, 15) is 0 Å². The fraction of sp³-hybridized carbons (Fsp3) is 0.800. The Kier molecular flexibility index (Phi) is 3.63. The Morgan fingerprint density at radius 2 is 2.21 bits per heavy atom. The summed E-state index contributed by atoms with van der Waals surface area (Å²) in [7, 11) is 0. The van der Waals surface area contributed by atoms with E-state index in [2.05, 4.69) is 30.7 Å². The van der Waals surface area contributed by atoms with E-state index in [-0.39, 0.29) is 0 Å². The van der Waals surface area contributed by atoms with Crippen LogP contribution in [0.25, 0.3) is 0 Å². The highest BCUT2D eigenvalue weighted by molar-refractivity contribution is 5.23. The maximum absolute atomic E-state index is 5.90. The third kappa shape index (κ3) is 2.32. The van der Waals surface area contributed by atoms with Crippen LogP contribution in [0.4, 0.5) is 0 Å². The summed E-state index contributed by atoms with van der Waals surface area (Å²) >= 11 is 0. The zero-order valence-electron chi connectivity index (χ0n) is 12.3. The first kappa shape index (κ1) is 13.1. The third-order valence-electron chi connectivity index (χ3n) is 4.38. The van der Waals surface area contributed by atoms with Gasteiger partial charge in [0.2, 0.25) is 0 Å². The monoisotopic (exact) mass is 263 g/mol. The lowest BCUT2D eigenvalue weighted by atomic mass is 10.1. The number of hydrogen-bond acceptors (Lipinski definition) is 3. The van der Waals surface area contributed by atoms with Crippen LogP contribution in [0.3, 0.4) is 0 Å². The van der Waals surface area contributed by atoms with E-state index in [0.29, 0.717) is 18.1 Å². The molecule has 2 unspecified atom stereocenters. The molecule has 1 aromatic heterocycles. The van der Waals surface area contributed by atoms with Crippen LogP contribution < -0.4 is 5.32 Å². The van der Waals surface area contributed by atoms with Gasteiger partial charge in [0.1, 0.15) is 5.82 Å². The summed E-state index contributed by atoms with van der Waals surface area (Å²) in [5.41, 5.74) is 2.69. The molecule has 3 heterocycles. The average molecular weight is 263 g/mol. The van der Waals surface area contributed by atoms with Crippen LogP contribution >= 0.6 is 0 Å². The second-order valence-corrected chi connectivity index (χ2v) is 6.11. The summed E-state index contributed by atoms with van der Waals surface area (Å²) in [6.45, 7) is 9.67. The van der Waals surface area contributed by atoms with E-state index in [0.717, 1.165) is 26.1 Å². The van der Waals surface area contributed by atoms with Crippen molar-refractivity contribution in [1.82, 2.24) is 14.9 Å². The average Bonchev–Trinajstić information content (AvgIpc) is 3.05. The number of aromatic nitrogens is 2. The molecule has 0 amide bonds. The number of rotatable bonds is 3. The zero-order valence-corrected chi connectivity index (χ0v) is 12.3. The second-order valence-electron chi connectivity index (χ2n) is 6.11. The number of nitrogens with one attached hydrogen (secondary N) is 1. The molecule has 1 saturated heterocycles. The van der Waals surface area contributed by atoms with Gasteiger partial charge in [0.15, 0.2) is 0 Å². The zero-order chi connectivity index (χ0) is 13.4. The summed E-state index contributed by atoms with van der Waals surface area (Å²) in [5, 5.41) is 3.42. The first-order chi connectivity index (χ1) is 9.18. The van der Waals surface area contributed by atoms with Crippen molar-refractivity contribution in [3.05, 3.63) is 17.2 Å². The molecule has 0 radical (unpaired) electrons. The van der Waals surface area contributed by atoms with Crippen molar-refractivity contribution >= 4 is 0 Å². The molecule has 2 atom stereocenters. The van der Waals surface area contributed by atoms with E-state index in [4.69, 9.17) is 9.72 Å². The van der Waals surface area contributed by atoms with Crippen LogP contribution in [-0.2, 0) is 17.7 Å². The standard InChI is InChI=1S/C15H25N3O/c1-10(2)15-17-12-9-16-7-6-13(12)18(15)11(3)14-5-4-8-19-14/h10-11,14,16H,4-9H2,1-3H3. The molecule has 0 aliphatic carbocycles.